The van der Waals surface area contributed by atoms with Crippen molar-refractivity contribution in [3.05, 3.63) is 42.0 Å². The van der Waals surface area contributed by atoms with E-state index in [1.165, 1.54) is 0 Å². The predicted octanol–water partition coefficient (Wildman–Crippen LogP) is 2.20. The number of carbonyl (C=O) groups excluding carboxylic acids is 2. The summed E-state index contributed by atoms with van der Waals surface area (Å²) in [6.07, 6.45) is 3.56. The van der Waals surface area contributed by atoms with E-state index in [0.717, 1.165) is 17.4 Å². The fraction of sp³-hybridized carbons (Fsp3) is 0.524. The van der Waals surface area contributed by atoms with Crippen LogP contribution >= 0.6 is 0 Å². The van der Waals surface area contributed by atoms with Crippen molar-refractivity contribution in [3.63, 3.8) is 0 Å². The van der Waals surface area contributed by atoms with E-state index in [9.17, 15) is 23.2 Å². The zero-order valence-electron chi connectivity index (χ0n) is 18.0. The summed E-state index contributed by atoms with van der Waals surface area (Å²) in [5.41, 5.74) is 5.58. The summed E-state index contributed by atoms with van der Waals surface area (Å²) in [5.74, 6) is 2.60. The Kier molecular flexibility index (Phi) is 9.67. The standard InChI is InChI=1S/C21H33N3O5S/c1-5-13-21(20(26)23-22,30(4,28)29)14-16(3)18(19(25)24-27)12-11-15(2)17-9-7-6-8-10-17/h6-11,16,18,27H,5,12-14,22H2,1-4H3,(H,23,26)(H,24,25)/b15-11+/t16-,18+,21?/m1/s1. The Morgan fingerprint density at radius 3 is 2.33 bits per heavy atom. The van der Waals surface area contributed by atoms with Gasteiger partial charge in [-0.2, -0.15) is 0 Å². The molecule has 0 spiro atoms. The van der Waals surface area contributed by atoms with Crippen LogP contribution in [0.5, 0.6) is 0 Å². The number of carbonyl (C=O) groups is 2. The lowest BCUT2D eigenvalue weighted by atomic mass is 9.80. The number of nitrogens with two attached hydrogens (primary N) is 1. The van der Waals surface area contributed by atoms with Gasteiger partial charge in [0.1, 0.15) is 0 Å². The number of benzene rings is 1. The second-order valence-corrected chi connectivity index (χ2v) is 10.1. The first-order valence-corrected chi connectivity index (χ1v) is 11.8. The normalized spacial score (nSPS) is 16.3. The van der Waals surface area contributed by atoms with Crippen LogP contribution in [-0.2, 0) is 19.4 Å². The van der Waals surface area contributed by atoms with Crippen molar-refractivity contribution in [2.75, 3.05) is 6.26 Å². The van der Waals surface area contributed by atoms with Crippen LogP contribution in [0, 0.1) is 11.8 Å². The maximum absolute atomic E-state index is 12.6. The van der Waals surface area contributed by atoms with Gasteiger partial charge in [0.25, 0.3) is 5.91 Å². The van der Waals surface area contributed by atoms with Crippen LogP contribution in [0.1, 0.15) is 52.0 Å². The zero-order valence-corrected chi connectivity index (χ0v) is 18.8. The minimum atomic E-state index is -3.84. The van der Waals surface area contributed by atoms with Gasteiger partial charge < -0.3 is 0 Å². The van der Waals surface area contributed by atoms with Gasteiger partial charge in [0.15, 0.2) is 14.6 Å². The van der Waals surface area contributed by atoms with Crippen molar-refractivity contribution < 1.29 is 23.2 Å². The quantitative estimate of drug-likeness (QED) is 0.180. The van der Waals surface area contributed by atoms with Crippen LogP contribution in [0.2, 0.25) is 0 Å². The van der Waals surface area contributed by atoms with Gasteiger partial charge >= 0.3 is 0 Å². The number of hydrogen-bond acceptors (Lipinski definition) is 6. The van der Waals surface area contributed by atoms with Gasteiger partial charge in [-0.05, 0) is 43.2 Å². The summed E-state index contributed by atoms with van der Waals surface area (Å²) >= 11 is 0. The molecule has 0 radical (unpaired) electrons. The number of allylic oxidation sites excluding steroid dienone is 2. The van der Waals surface area contributed by atoms with E-state index >= 15 is 0 Å². The first-order valence-electron chi connectivity index (χ1n) is 9.90. The average Bonchev–Trinajstić information content (AvgIpc) is 2.72. The lowest BCUT2D eigenvalue weighted by molar-refractivity contribution is -0.135. The summed E-state index contributed by atoms with van der Waals surface area (Å²) in [4.78, 5) is 24.9. The van der Waals surface area contributed by atoms with Crippen LogP contribution in [0.4, 0.5) is 0 Å². The minimum Gasteiger partial charge on any atom is -0.293 e. The minimum absolute atomic E-state index is 0.0750. The third-order valence-electron chi connectivity index (χ3n) is 5.60. The second-order valence-electron chi connectivity index (χ2n) is 7.74. The highest BCUT2D eigenvalue weighted by atomic mass is 32.2. The smallest absolute Gasteiger partial charge is 0.255 e. The number of hydrazine groups is 1. The lowest BCUT2D eigenvalue weighted by Gasteiger charge is -2.34. The predicted molar refractivity (Wildman–Crippen MR) is 117 cm³/mol. The highest BCUT2D eigenvalue weighted by molar-refractivity contribution is 7.92. The maximum atomic E-state index is 12.6. The Bertz CT molecular complexity index is 855. The van der Waals surface area contributed by atoms with Gasteiger partial charge in [-0.3, -0.25) is 20.2 Å². The molecule has 1 rings (SSSR count). The largest absolute Gasteiger partial charge is 0.293 e. The highest BCUT2D eigenvalue weighted by Crippen LogP contribution is 2.35. The molecule has 0 fully saturated rings. The van der Waals surface area contributed by atoms with Gasteiger partial charge in [0.05, 0.1) is 0 Å². The van der Waals surface area contributed by atoms with E-state index in [1.54, 1.807) is 19.3 Å². The Hall–Kier alpha value is -2.23. The van der Waals surface area contributed by atoms with Gasteiger partial charge in [-0.15, -0.1) is 0 Å². The molecule has 1 aromatic carbocycles. The number of amides is 2. The van der Waals surface area contributed by atoms with Crippen molar-refractivity contribution >= 4 is 27.2 Å². The molecular formula is C21H33N3O5S. The van der Waals surface area contributed by atoms with Crippen LogP contribution in [0.15, 0.2) is 36.4 Å². The van der Waals surface area contributed by atoms with E-state index in [4.69, 9.17) is 5.84 Å². The number of hydroxylamine groups is 1. The summed E-state index contributed by atoms with van der Waals surface area (Å²) in [5, 5.41) is 9.22. The van der Waals surface area contributed by atoms with E-state index in [2.05, 4.69) is 0 Å². The average molecular weight is 440 g/mol. The number of sulfone groups is 1. The topological polar surface area (TPSA) is 139 Å². The Morgan fingerprint density at radius 1 is 1.27 bits per heavy atom. The van der Waals surface area contributed by atoms with E-state index in [0.29, 0.717) is 6.42 Å². The number of nitrogens with one attached hydrogen (secondary N) is 2. The molecule has 3 atom stereocenters. The van der Waals surface area contributed by atoms with Crippen molar-refractivity contribution in [2.24, 2.45) is 17.7 Å². The third-order valence-corrected chi connectivity index (χ3v) is 7.58. The lowest BCUT2D eigenvalue weighted by Crippen LogP contribution is -2.55. The van der Waals surface area contributed by atoms with Crippen molar-refractivity contribution in [1.29, 1.82) is 0 Å². The molecule has 2 amide bonds. The van der Waals surface area contributed by atoms with Crippen LogP contribution < -0.4 is 16.7 Å². The van der Waals surface area contributed by atoms with E-state index < -0.39 is 38.2 Å². The highest BCUT2D eigenvalue weighted by Gasteiger charge is 2.49. The molecule has 0 aliphatic heterocycles. The molecule has 0 aliphatic rings. The van der Waals surface area contributed by atoms with Gasteiger partial charge in [0, 0.05) is 12.2 Å². The Balaban J connectivity index is 3.24. The zero-order chi connectivity index (χ0) is 22.9. The van der Waals surface area contributed by atoms with Gasteiger partial charge in [-0.25, -0.2) is 19.7 Å². The molecule has 30 heavy (non-hydrogen) atoms. The first kappa shape index (κ1) is 25.8. The molecule has 0 heterocycles. The fourth-order valence-electron chi connectivity index (χ4n) is 3.81. The molecule has 0 saturated heterocycles. The molecule has 5 N–H and O–H groups in total. The van der Waals surface area contributed by atoms with Gasteiger partial charge in [-0.1, -0.05) is 56.7 Å². The summed E-state index contributed by atoms with van der Waals surface area (Å²) in [6, 6.07) is 9.60. The molecule has 0 bridgehead atoms. The van der Waals surface area contributed by atoms with Crippen molar-refractivity contribution in [2.45, 2.75) is 51.2 Å². The molecule has 1 aromatic rings. The van der Waals surface area contributed by atoms with Crippen molar-refractivity contribution in [3.8, 4) is 0 Å². The summed E-state index contributed by atoms with van der Waals surface area (Å²) < 4.78 is 23.5. The number of hydrogen-bond donors (Lipinski definition) is 4. The fourth-order valence-corrected chi connectivity index (χ4v) is 5.35. The monoisotopic (exact) mass is 439 g/mol. The third kappa shape index (κ3) is 6.13. The van der Waals surface area contributed by atoms with Crippen LogP contribution in [0.3, 0.4) is 0 Å². The van der Waals surface area contributed by atoms with Crippen LogP contribution in [0.25, 0.3) is 5.57 Å². The molecule has 0 aromatic heterocycles. The van der Waals surface area contributed by atoms with Crippen LogP contribution in [-0.4, -0.2) is 36.4 Å². The molecule has 1 unspecified atom stereocenters. The van der Waals surface area contributed by atoms with Gasteiger partial charge in [0.2, 0.25) is 5.91 Å². The molecular weight excluding hydrogens is 406 g/mol. The van der Waals surface area contributed by atoms with E-state index in [1.807, 2.05) is 48.8 Å². The number of rotatable bonds is 11. The molecule has 168 valence electrons. The summed E-state index contributed by atoms with van der Waals surface area (Å²) in [7, 11) is -3.84. The molecule has 0 saturated carbocycles. The first-order chi connectivity index (χ1) is 14.0. The SMILES string of the molecule is CCCC(C[C@@H](C)[C@H](C/C=C(\C)c1ccccc1)C(=O)NO)(C(=O)NN)S(C)(=O)=O. The van der Waals surface area contributed by atoms with E-state index in [-0.39, 0.29) is 19.3 Å². The van der Waals surface area contributed by atoms with Crippen molar-refractivity contribution in [1.82, 2.24) is 10.9 Å². The maximum Gasteiger partial charge on any atom is 0.255 e. The second kappa shape index (κ2) is 11.2. The Labute approximate surface area is 178 Å². The molecule has 9 heteroatoms. The Morgan fingerprint density at radius 2 is 1.87 bits per heavy atom. The summed E-state index contributed by atoms with van der Waals surface area (Å²) in [6.45, 7) is 5.39. The molecule has 0 aliphatic carbocycles. The molecule has 8 nitrogen and oxygen atoms in total.